The van der Waals surface area contributed by atoms with Gasteiger partial charge in [-0.1, -0.05) is 35.9 Å². The van der Waals surface area contributed by atoms with Gasteiger partial charge in [0.25, 0.3) is 5.91 Å². The van der Waals surface area contributed by atoms with Crippen LogP contribution in [0, 0.1) is 6.92 Å². The Morgan fingerprint density at radius 1 is 1.31 bits per heavy atom. The van der Waals surface area contributed by atoms with Crippen LogP contribution in [0.1, 0.15) is 22.0 Å². The standard InChI is InChI=1S/C18H21ClN2O3S2/c1-12-4-6-13(7-5-12)18(16-3-2-8-25-16)20-9-17(22)21-15-11-26(23,24)10-14(15)19/h2-8,14-15,18,20H,9-11H2,1H3,(H,21,22)/p+1/t14-,15+,18+/m0/s1. The Hall–Kier alpha value is -1.41. The summed E-state index contributed by atoms with van der Waals surface area (Å²) in [5.74, 6) is -0.365. The average Bonchev–Trinajstić information content (AvgIpc) is 3.17. The van der Waals surface area contributed by atoms with Crippen LogP contribution < -0.4 is 10.6 Å². The maximum absolute atomic E-state index is 12.3. The van der Waals surface area contributed by atoms with E-state index in [2.05, 4.69) is 35.6 Å². The van der Waals surface area contributed by atoms with E-state index in [-0.39, 0.29) is 30.0 Å². The summed E-state index contributed by atoms with van der Waals surface area (Å²) < 4.78 is 23.2. The van der Waals surface area contributed by atoms with Crippen molar-refractivity contribution < 1.29 is 18.5 Å². The summed E-state index contributed by atoms with van der Waals surface area (Å²) in [6.07, 6.45) is 0. The van der Waals surface area contributed by atoms with E-state index in [1.807, 2.05) is 23.7 Å². The maximum atomic E-state index is 12.3. The van der Waals surface area contributed by atoms with E-state index in [1.165, 1.54) is 10.4 Å². The molecule has 0 spiro atoms. The lowest BCUT2D eigenvalue weighted by molar-refractivity contribution is -0.676. The number of aryl methyl sites for hydroxylation is 1. The van der Waals surface area contributed by atoms with Crippen molar-refractivity contribution in [1.29, 1.82) is 0 Å². The zero-order valence-electron chi connectivity index (χ0n) is 14.4. The molecule has 1 aliphatic rings. The molecule has 0 unspecified atom stereocenters. The maximum Gasteiger partial charge on any atom is 0.275 e. The first-order valence-corrected chi connectivity index (χ1v) is 11.5. The number of alkyl halides is 1. The van der Waals surface area contributed by atoms with E-state index in [0.29, 0.717) is 0 Å². The van der Waals surface area contributed by atoms with Crippen molar-refractivity contribution in [3.63, 3.8) is 0 Å². The number of thiophene rings is 1. The van der Waals surface area contributed by atoms with Crippen molar-refractivity contribution in [3.05, 3.63) is 57.8 Å². The number of quaternary nitrogens is 1. The molecule has 3 rings (SSSR count). The molecule has 1 aromatic heterocycles. The zero-order valence-corrected chi connectivity index (χ0v) is 16.8. The number of sulfone groups is 1. The molecule has 2 aromatic rings. The van der Waals surface area contributed by atoms with E-state index in [0.717, 1.165) is 5.56 Å². The van der Waals surface area contributed by atoms with Crippen LogP contribution in [0.25, 0.3) is 0 Å². The molecule has 0 saturated carbocycles. The summed E-state index contributed by atoms with van der Waals surface area (Å²) >= 11 is 7.71. The first-order chi connectivity index (χ1) is 12.3. The number of amides is 1. The first kappa shape index (κ1) is 19.4. The molecule has 0 bridgehead atoms. The van der Waals surface area contributed by atoms with Crippen LogP contribution >= 0.6 is 22.9 Å². The summed E-state index contributed by atoms with van der Waals surface area (Å²) in [5, 5.41) is 6.20. The monoisotopic (exact) mass is 413 g/mol. The van der Waals surface area contributed by atoms with Gasteiger partial charge in [0.2, 0.25) is 0 Å². The van der Waals surface area contributed by atoms with Gasteiger partial charge in [0.1, 0.15) is 6.04 Å². The molecular formula is C18H22ClN2O3S2+. The van der Waals surface area contributed by atoms with Crippen LogP contribution in [-0.2, 0) is 14.6 Å². The highest BCUT2D eigenvalue weighted by Gasteiger charge is 2.37. The summed E-state index contributed by atoms with van der Waals surface area (Å²) in [4.78, 5) is 13.5. The SMILES string of the molecule is Cc1ccc([C@@H]([NH2+]CC(=O)N[C@@H]2CS(=O)(=O)C[C@@H]2Cl)c2cccs2)cc1. The van der Waals surface area contributed by atoms with Gasteiger partial charge < -0.3 is 10.6 Å². The molecule has 140 valence electrons. The van der Waals surface area contributed by atoms with Crippen LogP contribution in [0.2, 0.25) is 0 Å². The minimum atomic E-state index is -3.16. The molecule has 1 aliphatic heterocycles. The molecular weight excluding hydrogens is 392 g/mol. The number of nitrogens with two attached hydrogens (primary N) is 1. The Morgan fingerprint density at radius 3 is 2.62 bits per heavy atom. The van der Waals surface area contributed by atoms with Crippen LogP contribution in [0.3, 0.4) is 0 Å². The van der Waals surface area contributed by atoms with Gasteiger partial charge >= 0.3 is 0 Å². The predicted octanol–water partition coefficient (Wildman–Crippen LogP) is 1.23. The second kappa shape index (κ2) is 8.08. The molecule has 5 nitrogen and oxygen atoms in total. The number of nitrogens with one attached hydrogen (secondary N) is 1. The third kappa shape index (κ3) is 4.85. The van der Waals surface area contributed by atoms with Gasteiger partial charge in [-0.3, -0.25) is 4.79 Å². The second-order valence-electron chi connectivity index (χ2n) is 6.61. The fourth-order valence-corrected chi connectivity index (χ4v) is 6.49. The Bertz CT molecular complexity index is 851. The molecule has 0 aliphatic carbocycles. The zero-order chi connectivity index (χ0) is 18.7. The van der Waals surface area contributed by atoms with Crippen LogP contribution in [0.4, 0.5) is 0 Å². The average molecular weight is 414 g/mol. The van der Waals surface area contributed by atoms with Crippen LogP contribution in [0.15, 0.2) is 41.8 Å². The fourth-order valence-electron chi connectivity index (χ4n) is 3.09. The molecule has 0 radical (unpaired) electrons. The van der Waals surface area contributed by atoms with Gasteiger partial charge in [-0.05, 0) is 18.4 Å². The molecule has 1 saturated heterocycles. The van der Waals surface area contributed by atoms with Crippen molar-refractivity contribution in [3.8, 4) is 0 Å². The minimum Gasteiger partial charge on any atom is -0.346 e. The Kier molecular flexibility index (Phi) is 6.02. The molecule has 3 atom stereocenters. The molecule has 26 heavy (non-hydrogen) atoms. The predicted molar refractivity (Wildman–Crippen MR) is 104 cm³/mol. The highest BCUT2D eigenvalue weighted by Crippen LogP contribution is 2.23. The Balaban J connectivity index is 1.65. The number of carbonyl (C=O) groups excluding carboxylic acids is 1. The normalized spacial score (nSPS) is 22.8. The minimum absolute atomic E-state index is 0.0282. The van der Waals surface area contributed by atoms with Gasteiger partial charge in [0.05, 0.1) is 27.8 Å². The second-order valence-corrected chi connectivity index (χ2v) is 10.3. The lowest BCUT2D eigenvalue weighted by Gasteiger charge is -2.17. The van der Waals surface area contributed by atoms with E-state index < -0.39 is 21.3 Å². The van der Waals surface area contributed by atoms with Gasteiger partial charge in [-0.15, -0.1) is 22.9 Å². The number of carbonyl (C=O) groups is 1. The van der Waals surface area contributed by atoms with Crippen molar-refractivity contribution in [2.75, 3.05) is 18.1 Å². The van der Waals surface area contributed by atoms with E-state index in [1.54, 1.807) is 11.3 Å². The lowest BCUT2D eigenvalue weighted by atomic mass is 10.0. The largest absolute Gasteiger partial charge is 0.346 e. The van der Waals surface area contributed by atoms with E-state index in [4.69, 9.17) is 11.6 Å². The first-order valence-electron chi connectivity index (χ1n) is 8.41. The third-order valence-corrected chi connectivity index (χ3v) is 7.79. The van der Waals surface area contributed by atoms with Crippen molar-refractivity contribution in [2.45, 2.75) is 24.4 Å². The van der Waals surface area contributed by atoms with E-state index >= 15 is 0 Å². The van der Waals surface area contributed by atoms with Crippen LogP contribution in [0.5, 0.6) is 0 Å². The highest BCUT2D eigenvalue weighted by molar-refractivity contribution is 7.91. The van der Waals surface area contributed by atoms with E-state index in [9.17, 15) is 13.2 Å². The van der Waals surface area contributed by atoms with Gasteiger partial charge in [-0.2, -0.15) is 0 Å². The van der Waals surface area contributed by atoms with Crippen molar-refractivity contribution >= 4 is 38.7 Å². The van der Waals surface area contributed by atoms with Gasteiger partial charge in [0, 0.05) is 5.56 Å². The van der Waals surface area contributed by atoms with Gasteiger partial charge in [0.15, 0.2) is 16.4 Å². The van der Waals surface area contributed by atoms with Crippen molar-refractivity contribution in [2.24, 2.45) is 0 Å². The lowest BCUT2D eigenvalue weighted by Crippen LogP contribution is -2.87. The highest BCUT2D eigenvalue weighted by atomic mass is 35.5. The summed E-state index contributed by atoms with van der Waals surface area (Å²) in [6, 6.07) is 11.8. The number of benzene rings is 1. The van der Waals surface area contributed by atoms with Crippen LogP contribution in [-0.4, -0.2) is 43.8 Å². The molecule has 3 N–H and O–H groups in total. The number of halogens is 1. The fraction of sp³-hybridized carbons (Fsp3) is 0.389. The molecule has 1 amide bonds. The Morgan fingerprint density at radius 2 is 2.04 bits per heavy atom. The molecule has 1 fully saturated rings. The van der Waals surface area contributed by atoms with Crippen molar-refractivity contribution in [1.82, 2.24) is 5.32 Å². The third-order valence-electron chi connectivity index (χ3n) is 4.45. The summed E-state index contributed by atoms with van der Waals surface area (Å²) in [7, 11) is -3.16. The Labute approximate surface area is 162 Å². The topological polar surface area (TPSA) is 79.8 Å². The summed E-state index contributed by atoms with van der Waals surface area (Å²) in [6.45, 7) is 2.25. The number of rotatable bonds is 6. The molecule has 1 aromatic carbocycles. The molecule has 2 heterocycles. The number of hydrogen-bond donors (Lipinski definition) is 2. The van der Waals surface area contributed by atoms with Gasteiger partial charge in [-0.25, -0.2) is 8.42 Å². The molecule has 8 heteroatoms. The smallest absolute Gasteiger partial charge is 0.275 e. The quantitative estimate of drug-likeness (QED) is 0.699. The number of hydrogen-bond acceptors (Lipinski definition) is 4. The summed E-state index contributed by atoms with van der Waals surface area (Å²) in [5.41, 5.74) is 2.32.